The molecular formula is C30H23BrN2O3. The lowest BCUT2D eigenvalue weighted by molar-refractivity contribution is 0.0697. The summed E-state index contributed by atoms with van der Waals surface area (Å²) in [6.07, 6.45) is 3.84. The number of benzene rings is 4. The van der Waals surface area contributed by atoms with Crippen LogP contribution in [0.15, 0.2) is 107 Å². The maximum absolute atomic E-state index is 11.2. The van der Waals surface area contributed by atoms with Crippen LogP contribution in [0, 0.1) is 0 Å². The Bertz CT molecular complexity index is 1570. The zero-order chi connectivity index (χ0) is 24.9. The second kappa shape index (κ2) is 10.6. The van der Waals surface area contributed by atoms with Crippen molar-refractivity contribution in [1.29, 1.82) is 0 Å². The highest BCUT2D eigenvalue weighted by atomic mass is 79.9. The lowest BCUT2D eigenvalue weighted by Gasteiger charge is -2.14. The molecule has 0 fully saturated rings. The SMILES string of the molecule is O=C(O)c1ccc(/C=C(\CNc2cnc3c(Br)cccc3c2)COc2cccc3ccccc23)cc1. The molecule has 0 amide bonds. The number of carbonyl (C=O) groups is 1. The molecule has 0 radical (unpaired) electrons. The Morgan fingerprint density at radius 1 is 0.944 bits per heavy atom. The van der Waals surface area contributed by atoms with Gasteiger partial charge >= 0.3 is 5.97 Å². The number of hydrogen-bond donors (Lipinski definition) is 2. The van der Waals surface area contributed by atoms with Gasteiger partial charge in [0.05, 0.1) is 23.0 Å². The molecule has 0 aliphatic heterocycles. The molecule has 0 atom stereocenters. The van der Waals surface area contributed by atoms with Crippen LogP contribution >= 0.6 is 15.9 Å². The first-order valence-electron chi connectivity index (χ1n) is 11.5. The minimum atomic E-state index is -0.942. The molecule has 0 saturated heterocycles. The van der Waals surface area contributed by atoms with E-state index in [1.807, 2.05) is 54.7 Å². The van der Waals surface area contributed by atoms with Gasteiger partial charge in [-0.05, 0) is 62.8 Å². The molecule has 0 unspecified atom stereocenters. The van der Waals surface area contributed by atoms with Crippen molar-refractivity contribution in [3.63, 3.8) is 0 Å². The average molecular weight is 539 g/mol. The van der Waals surface area contributed by atoms with Gasteiger partial charge in [-0.3, -0.25) is 4.98 Å². The number of anilines is 1. The number of ether oxygens (including phenoxy) is 1. The molecule has 1 heterocycles. The monoisotopic (exact) mass is 538 g/mol. The zero-order valence-corrected chi connectivity index (χ0v) is 20.9. The number of halogens is 1. The van der Waals surface area contributed by atoms with Crippen LogP contribution in [0.3, 0.4) is 0 Å². The second-order valence-electron chi connectivity index (χ2n) is 8.38. The Hall–Kier alpha value is -4.16. The van der Waals surface area contributed by atoms with Crippen LogP contribution in [0.25, 0.3) is 27.8 Å². The van der Waals surface area contributed by atoms with Crippen LogP contribution in [0.1, 0.15) is 15.9 Å². The summed E-state index contributed by atoms with van der Waals surface area (Å²) >= 11 is 3.55. The van der Waals surface area contributed by atoms with Crippen molar-refractivity contribution in [2.75, 3.05) is 18.5 Å². The summed E-state index contributed by atoms with van der Waals surface area (Å²) in [5, 5.41) is 15.9. The summed E-state index contributed by atoms with van der Waals surface area (Å²) in [5.74, 6) is -0.125. The number of nitrogens with one attached hydrogen (secondary N) is 1. The Morgan fingerprint density at radius 2 is 1.69 bits per heavy atom. The molecule has 0 aliphatic carbocycles. The number of para-hydroxylation sites is 1. The fraction of sp³-hybridized carbons (Fsp3) is 0.0667. The van der Waals surface area contributed by atoms with Crippen molar-refractivity contribution in [3.05, 3.63) is 118 Å². The number of fused-ring (bicyclic) bond motifs is 2. The highest BCUT2D eigenvalue weighted by Gasteiger charge is 2.07. The number of hydrogen-bond acceptors (Lipinski definition) is 4. The van der Waals surface area contributed by atoms with Crippen LogP contribution in [-0.4, -0.2) is 29.2 Å². The van der Waals surface area contributed by atoms with Gasteiger partial charge in [-0.15, -0.1) is 0 Å². The van der Waals surface area contributed by atoms with Crippen molar-refractivity contribution < 1.29 is 14.6 Å². The predicted molar refractivity (Wildman–Crippen MR) is 149 cm³/mol. The van der Waals surface area contributed by atoms with Gasteiger partial charge in [0.25, 0.3) is 0 Å². The number of aromatic carboxylic acids is 1. The van der Waals surface area contributed by atoms with E-state index in [9.17, 15) is 9.90 Å². The van der Waals surface area contributed by atoms with Crippen LogP contribution in [0.5, 0.6) is 5.75 Å². The topological polar surface area (TPSA) is 71.5 Å². The van der Waals surface area contributed by atoms with Gasteiger partial charge in [-0.25, -0.2) is 4.79 Å². The zero-order valence-electron chi connectivity index (χ0n) is 19.3. The molecule has 36 heavy (non-hydrogen) atoms. The maximum atomic E-state index is 11.2. The van der Waals surface area contributed by atoms with Crippen LogP contribution < -0.4 is 10.1 Å². The molecule has 0 spiro atoms. The number of rotatable bonds is 8. The Morgan fingerprint density at radius 3 is 2.53 bits per heavy atom. The van der Waals surface area contributed by atoms with Gasteiger partial charge in [0.1, 0.15) is 12.4 Å². The van der Waals surface area contributed by atoms with Gasteiger partial charge in [-0.2, -0.15) is 0 Å². The smallest absolute Gasteiger partial charge is 0.335 e. The van der Waals surface area contributed by atoms with E-state index >= 15 is 0 Å². The summed E-state index contributed by atoms with van der Waals surface area (Å²) < 4.78 is 7.22. The normalized spacial score (nSPS) is 11.5. The van der Waals surface area contributed by atoms with E-state index in [2.05, 4.69) is 50.5 Å². The molecule has 5 nitrogen and oxygen atoms in total. The molecule has 6 heteroatoms. The van der Waals surface area contributed by atoms with E-state index in [-0.39, 0.29) is 5.56 Å². The quantitative estimate of drug-likeness (QED) is 0.215. The minimum Gasteiger partial charge on any atom is -0.489 e. The Labute approximate surface area is 217 Å². The predicted octanol–water partition coefficient (Wildman–Crippen LogP) is 7.42. The first-order chi connectivity index (χ1) is 17.6. The molecule has 4 aromatic carbocycles. The summed E-state index contributed by atoms with van der Waals surface area (Å²) in [6, 6.07) is 29.0. The van der Waals surface area contributed by atoms with Gasteiger partial charge in [-0.1, -0.05) is 66.7 Å². The molecule has 0 bridgehead atoms. The number of aromatic nitrogens is 1. The molecule has 1 aromatic heterocycles. The van der Waals surface area contributed by atoms with Crippen molar-refractivity contribution >= 4 is 55.3 Å². The van der Waals surface area contributed by atoms with E-state index in [4.69, 9.17) is 4.74 Å². The molecule has 178 valence electrons. The average Bonchev–Trinajstić information content (AvgIpc) is 2.90. The fourth-order valence-corrected chi connectivity index (χ4v) is 4.51. The number of nitrogens with zero attached hydrogens (tertiary/aromatic N) is 1. The summed E-state index contributed by atoms with van der Waals surface area (Å²) in [4.78, 5) is 15.8. The highest BCUT2D eigenvalue weighted by molar-refractivity contribution is 9.10. The van der Waals surface area contributed by atoms with E-state index in [1.165, 1.54) is 0 Å². The van der Waals surface area contributed by atoms with Gasteiger partial charge < -0.3 is 15.2 Å². The number of carboxylic acid groups (broad SMARTS) is 1. The van der Waals surface area contributed by atoms with Gasteiger partial charge in [0.2, 0.25) is 0 Å². The second-order valence-corrected chi connectivity index (χ2v) is 9.24. The third-order valence-electron chi connectivity index (χ3n) is 5.87. The largest absolute Gasteiger partial charge is 0.489 e. The van der Waals surface area contributed by atoms with Crippen molar-refractivity contribution in [3.8, 4) is 5.75 Å². The molecule has 5 aromatic rings. The molecule has 5 rings (SSSR count). The van der Waals surface area contributed by atoms with E-state index in [0.717, 1.165) is 48.7 Å². The van der Waals surface area contributed by atoms with Crippen LogP contribution in [-0.2, 0) is 0 Å². The van der Waals surface area contributed by atoms with E-state index in [0.29, 0.717) is 13.2 Å². The summed E-state index contributed by atoms with van der Waals surface area (Å²) in [7, 11) is 0. The van der Waals surface area contributed by atoms with Crippen molar-refractivity contribution in [2.45, 2.75) is 0 Å². The van der Waals surface area contributed by atoms with Crippen molar-refractivity contribution in [1.82, 2.24) is 4.98 Å². The first-order valence-corrected chi connectivity index (χ1v) is 12.3. The lowest BCUT2D eigenvalue weighted by Crippen LogP contribution is -2.12. The molecule has 2 N–H and O–H groups in total. The number of carboxylic acids is 1. The molecular weight excluding hydrogens is 516 g/mol. The third kappa shape index (κ3) is 5.39. The highest BCUT2D eigenvalue weighted by Crippen LogP contribution is 2.27. The van der Waals surface area contributed by atoms with Crippen molar-refractivity contribution in [2.24, 2.45) is 0 Å². The van der Waals surface area contributed by atoms with Gasteiger partial charge in [0.15, 0.2) is 0 Å². The van der Waals surface area contributed by atoms with E-state index < -0.39 is 5.97 Å². The summed E-state index contributed by atoms with van der Waals surface area (Å²) in [5.41, 5.74) is 3.97. The lowest BCUT2D eigenvalue weighted by atomic mass is 10.1. The van der Waals surface area contributed by atoms with Crippen LogP contribution in [0.4, 0.5) is 5.69 Å². The minimum absolute atomic E-state index is 0.257. The molecule has 0 saturated carbocycles. The van der Waals surface area contributed by atoms with Gasteiger partial charge in [0, 0.05) is 21.8 Å². The third-order valence-corrected chi connectivity index (χ3v) is 6.51. The standard InChI is InChI=1S/C30H23BrN2O3/c31-27-9-3-7-24-16-25(18-33-29(24)27)32-17-21(15-20-11-13-23(14-12-20)30(34)35)19-36-28-10-4-6-22-5-1-2-8-26(22)28/h1-16,18,32H,17,19H2,(H,34,35)/b21-15+. The maximum Gasteiger partial charge on any atom is 0.335 e. The molecule has 0 aliphatic rings. The number of pyridine rings is 1. The summed E-state index contributed by atoms with van der Waals surface area (Å²) in [6.45, 7) is 0.904. The Balaban J connectivity index is 1.39. The first kappa shape index (κ1) is 23.6. The van der Waals surface area contributed by atoms with Crippen LogP contribution in [0.2, 0.25) is 0 Å². The Kier molecular flexibility index (Phi) is 6.96. The van der Waals surface area contributed by atoms with E-state index in [1.54, 1.807) is 24.3 Å². The fourth-order valence-electron chi connectivity index (χ4n) is 4.03.